The van der Waals surface area contributed by atoms with Gasteiger partial charge in [-0.2, -0.15) is 26.3 Å². The topological polar surface area (TPSA) is 77.3 Å². The van der Waals surface area contributed by atoms with E-state index in [1.165, 1.54) is 24.3 Å². The molecule has 10 rings (SSSR count). The van der Waals surface area contributed by atoms with Crippen LogP contribution in [-0.4, -0.2) is 29.9 Å². The van der Waals surface area contributed by atoms with E-state index in [1.54, 1.807) is 0 Å². The van der Waals surface area contributed by atoms with E-state index < -0.39 is 23.5 Å². The Morgan fingerprint density at radius 1 is 0.258 bits per heavy atom. The molecule has 0 N–H and O–H groups in total. The Balaban J connectivity index is 0.936. The standard InChI is InChI=1S/C54H32F6N6/c55-53(56,57)43-27-22-39(23-28-43)51-63-47(35-8-3-1-4-9-35)61-49(65-51)37-18-14-33(15-19-37)41-26-31-46-42(32-41)12-7-13-45(46)34-16-20-38(21-17-34)50-62-48(36-10-5-2-6-11-36)64-52(66-50)40-24-29-44(30-25-40)54(58,59)60/h1-32H. The van der Waals surface area contributed by atoms with Gasteiger partial charge in [-0.15, -0.1) is 0 Å². The normalized spacial score (nSPS) is 11.8. The Bertz CT molecular complexity index is 3340. The largest absolute Gasteiger partial charge is 0.416 e. The molecule has 0 aliphatic rings. The number of nitrogens with zero attached hydrogens (tertiary/aromatic N) is 6. The second kappa shape index (κ2) is 17.0. The summed E-state index contributed by atoms with van der Waals surface area (Å²) < 4.78 is 80.0. The Kier molecular flexibility index (Phi) is 10.7. The summed E-state index contributed by atoms with van der Waals surface area (Å²) >= 11 is 0. The van der Waals surface area contributed by atoms with Crippen molar-refractivity contribution in [1.29, 1.82) is 0 Å². The van der Waals surface area contributed by atoms with Gasteiger partial charge in [0.1, 0.15) is 0 Å². The molecule has 0 unspecified atom stereocenters. The third kappa shape index (κ3) is 8.64. The molecule has 8 aromatic carbocycles. The maximum atomic E-state index is 13.3. The predicted octanol–water partition coefficient (Wildman–Crippen LogP) is 14.6. The van der Waals surface area contributed by atoms with Gasteiger partial charge in [0.05, 0.1) is 11.1 Å². The highest BCUT2D eigenvalue weighted by atomic mass is 19.4. The number of hydrogen-bond acceptors (Lipinski definition) is 6. The van der Waals surface area contributed by atoms with E-state index in [4.69, 9.17) is 19.9 Å². The lowest BCUT2D eigenvalue weighted by Gasteiger charge is -2.12. The van der Waals surface area contributed by atoms with Gasteiger partial charge in [0, 0.05) is 33.4 Å². The van der Waals surface area contributed by atoms with E-state index in [0.717, 1.165) is 68.4 Å². The zero-order valence-electron chi connectivity index (χ0n) is 34.4. The zero-order valence-corrected chi connectivity index (χ0v) is 34.4. The second-order valence-electron chi connectivity index (χ2n) is 15.4. The summed E-state index contributed by atoms with van der Waals surface area (Å²) in [6.45, 7) is 0. The van der Waals surface area contributed by atoms with Crippen LogP contribution >= 0.6 is 0 Å². The minimum Gasteiger partial charge on any atom is -0.208 e. The first kappa shape index (κ1) is 41.6. The smallest absolute Gasteiger partial charge is 0.208 e. The van der Waals surface area contributed by atoms with Crippen LogP contribution in [0.1, 0.15) is 11.1 Å². The van der Waals surface area contributed by atoms with Crippen LogP contribution < -0.4 is 0 Å². The lowest BCUT2D eigenvalue weighted by atomic mass is 9.94. The minimum atomic E-state index is -4.47. The quantitative estimate of drug-likeness (QED) is 0.142. The molecule has 0 aliphatic carbocycles. The van der Waals surface area contributed by atoms with Crippen LogP contribution in [0.5, 0.6) is 0 Å². The van der Waals surface area contributed by atoms with E-state index in [0.29, 0.717) is 45.6 Å². The number of fused-ring (bicyclic) bond motifs is 1. The lowest BCUT2D eigenvalue weighted by molar-refractivity contribution is -0.138. The van der Waals surface area contributed by atoms with Gasteiger partial charge in [0.15, 0.2) is 34.9 Å². The van der Waals surface area contributed by atoms with Crippen molar-refractivity contribution in [1.82, 2.24) is 29.9 Å². The van der Waals surface area contributed by atoms with Crippen molar-refractivity contribution in [2.24, 2.45) is 0 Å². The molecule has 0 fully saturated rings. The fourth-order valence-corrected chi connectivity index (χ4v) is 7.64. The van der Waals surface area contributed by atoms with Gasteiger partial charge >= 0.3 is 12.4 Å². The van der Waals surface area contributed by atoms with Gasteiger partial charge in [-0.3, -0.25) is 0 Å². The number of alkyl halides is 6. The number of aromatic nitrogens is 6. The first-order valence-corrected chi connectivity index (χ1v) is 20.7. The van der Waals surface area contributed by atoms with Crippen molar-refractivity contribution in [3.8, 4) is 90.6 Å². The van der Waals surface area contributed by atoms with Crippen LogP contribution in [0.15, 0.2) is 194 Å². The molecule has 10 aromatic rings. The van der Waals surface area contributed by atoms with Crippen LogP contribution in [0.3, 0.4) is 0 Å². The number of rotatable bonds is 8. The van der Waals surface area contributed by atoms with Gasteiger partial charge in [0.2, 0.25) is 0 Å². The molecular formula is C54H32F6N6. The predicted molar refractivity (Wildman–Crippen MR) is 244 cm³/mol. The number of hydrogen-bond donors (Lipinski definition) is 0. The van der Waals surface area contributed by atoms with Crippen molar-refractivity contribution in [2.75, 3.05) is 0 Å². The monoisotopic (exact) mass is 878 g/mol. The summed E-state index contributed by atoms with van der Waals surface area (Å²) in [5.74, 6) is 2.06. The Labute approximate surface area is 374 Å². The molecule has 0 bridgehead atoms. The van der Waals surface area contributed by atoms with Crippen LogP contribution in [0.4, 0.5) is 26.3 Å². The van der Waals surface area contributed by atoms with Gasteiger partial charge in [-0.25, -0.2) is 29.9 Å². The summed E-state index contributed by atoms with van der Waals surface area (Å²) in [4.78, 5) is 28.2. The molecule has 0 aliphatic heterocycles. The molecule has 0 atom stereocenters. The van der Waals surface area contributed by atoms with E-state index in [-0.39, 0.29) is 11.6 Å². The molecule has 320 valence electrons. The molecule has 0 radical (unpaired) electrons. The summed E-state index contributed by atoms with van der Waals surface area (Å²) in [6.07, 6.45) is -8.93. The summed E-state index contributed by atoms with van der Waals surface area (Å²) in [6, 6.07) is 56.3. The van der Waals surface area contributed by atoms with E-state index in [2.05, 4.69) is 40.3 Å². The van der Waals surface area contributed by atoms with Gasteiger partial charge in [0.25, 0.3) is 0 Å². The number of benzene rings is 8. The molecule has 66 heavy (non-hydrogen) atoms. The highest BCUT2D eigenvalue weighted by molar-refractivity contribution is 5.99. The van der Waals surface area contributed by atoms with Gasteiger partial charge < -0.3 is 0 Å². The maximum absolute atomic E-state index is 13.3. The molecular weight excluding hydrogens is 847 g/mol. The first-order chi connectivity index (χ1) is 31.9. The van der Waals surface area contributed by atoms with Crippen molar-refractivity contribution in [2.45, 2.75) is 12.4 Å². The van der Waals surface area contributed by atoms with Gasteiger partial charge in [-0.1, -0.05) is 164 Å². The summed E-state index contributed by atoms with van der Waals surface area (Å²) in [5.41, 5.74) is 6.17. The van der Waals surface area contributed by atoms with Crippen molar-refractivity contribution >= 4 is 10.8 Å². The molecule has 2 aromatic heterocycles. The third-order valence-corrected chi connectivity index (χ3v) is 11.1. The van der Waals surface area contributed by atoms with E-state index in [9.17, 15) is 26.3 Å². The first-order valence-electron chi connectivity index (χ1n) is 20.7. The molecule has 0 saturated heterocycles. The highest BCUT2D eigenvalue weighted by Crippen LogP contribution is 2.36. The maximum Gasteiger partial charge on any atom is 0.416 e. The van der Waals surface area contributed by atoms with E-state index in [1.807, 2.05) is 115 Å². The van der Waals surface area contributed by atoms with Crippen LogP contribution in [0, 0.1) is 0 Å². The average molecular weight is 879 g/mol. The van der Waals surface area contributed by atoms with Crippen molar-refractivity contribution in [3.63, 3.8) is 0 Å². The van der Waals surface area contributed by atoms with Crippen LogP contribution in [-0.2, 0) is 12.4 Å². The molecule has 0 amide bonds. The van der Waals surface area contributed by atoms with E-state index >= 15 is 0 Å². The second-order valence-corrected chi connectivity index (χ2v) is 15.4. The lowest BCUT2D eigenvalue weighted by Crippen LogP contribution is -2.04. The number of halogens is 6. The van der Waals surface area contributed by atoms with Crippen LogP contribution in [0.25, 0.3) is 101 Å². The minimum absolute atomic E-state index is 0.255. The molecule has 12 heteroatoms. The average Bonchev–Trinajstić information content (AvgIpc) is 3.36. The molecule has 0 saturated carbocycles. The fourth-order valence-electron chi connectivity index (χ4n) is 7.64. The molecule has 6 nitrogen and oxygen atoms in total. The third-order valence-electron chi connectivity index (χ3n) is 11.1. The van der Waals surface area contributed by atoms with Crippen molar-refractivity contribution < 1.29 is 26.3 Å². The molecule has 0 spiro atoms. The SMILES string of the molecule is FC(F)(F)c1ccc(-c2nc(-c3ccccc3)nc(-c3ccc(-c4ccc5c(-c6ccc(-c7nc(-c8ccccc8)nc(-c8ccc(C(F)(F)F)cc8)n7)cc6)cccc5c4)cc3)n2)cc1. The highest BCUT2D eigenvalue weighted by Gasteiger charge is 2.31. The molecule has 2 heterocycles. The fraction of sp³-hybridized carbons (Fsp3) is 0.0370. The van der Waals surface area contributed by atoms with Gasteiger partial charge in [-0.05, 0) is 63.4 Å². The Morgan fingerprint density at radius 2 is 0.576 bits per heavy atom. The summed E-state index contributed by atoms with van der Waals surface area (Å²) in [7, 11) is 0. The van der Waals surface area contributed by atoms with Crippen molar-refractivity contribution in [3.05, 3.63) is 205 Å². The van der Waals surface area contributed by atoms with Crippen LogP contribution in [0.2, 0.25) is 0 Å². The Hall–Kier alpha value is -8.38. The zero-order chi connectivity index (χ0) is 45.4. The summed E-state index contributed by atoms with van der Waals surface area (Å²) in [5, 5.41) is 2.06. The Morgan fingerprint density at radius 3 is 0.955 bits per heavy atom.